The lowest BCUT2D eigenvalue weighted by molar-refractivity contribution is 0.0706. The third kappa shape index (κ3) is 3.80. The van der Waals surface area contributed by atoms with E-state index in [4.69, 9.17) is 4.74 Å². The third-order valence-corrected chi connectivity index (χ3v) is 5.26. The van der Waals surface area contributed by atoms with E-state index in [0.717, 1.165) is 24.2 Å². The topological polar surface area (TPSA) is 81.1 Å². The van der Waals surface area contributed by atoms with E-state index < -0.39 is 0 Å². The molecule has 0 atom stereocenters. The summed E-state index contributed by atoms with van der Waals surface area (Å²) in [5, 5.41) is 1.79. The Balaban J connectivity index is 1.47. The highest BCUT2D eigenvalue weighted by Gasteiger charge is 2.28. The quantitative estimate of drug-likeness (QED) is 0.688. The monoisotopic (exact) mass is 381 g/mol. The minimum absolute atomic E-state index is 0.00342. The predicted octanol–water partition coefficient (Wildman–Crippen LogP) is 3.45. The number of aromatic nitrogens is 4. The molecule has 3 aromatic rings. The van der Waals surface area contributed by atoms with Gasteiger partial charge in [-0.3, -0.25) is 14.8 Å². The first-order valence-electron chi connectivity index (χ1n) is 8.80. The van der Waals surface area contributed by atoms with Crippen molar-refractivity contribution in [3.05, 3.63) is 58.7 Å². The minimum atomic E-state index is -0.00342. The van der Waals surface area contributed by atoms with Crippen molar-refractivity contribution < 1.29 is 9.53 Å². The zero-order chi connectivity index (χ0) is 18.6. The van der Waals surface area contributed by atoms with Crippen LogP contribution in [0.3, 0.4) is 0 Å². The average molecular weight is 381 g/mol. The van der Waals surface area contributed by atoms with E-state index in [1.165, 1.54) is 11.3 Å². The van der Waals surface area contributed by atoms with Crippen LogP contribution in [0.1, 0.15) is 40.6 Å². The number of piperidine rings is 1. The maximum absolute atomic E-state index is 12.5. The Morgan fingerprint density at radius 3 is 2.70 bits per heavy atom. The number of aryl methyl sites for hydroxylation is 1. The molecular weight excluding hydrogens is 362 g/mol. The number of carbonyl (C=O) groups excluding carboxylic acids is 1. The van der Waals surface area contributed by atoms with Crippen LogP contribution in [0, 0.1) is 6.92 Å². The van der Waals surface area contributed by atoms with Crippen LogP contribution >= 0.6 is 11.3 Å². The maximum Gasteiger partial charge on any atom is 0.273 e. The molecule has 3 aromatic heterocycles. The molecule has 0 saturated carbocycles. The number of thiazole rings is 1. The first-order valence-corrected chi connectivity index (χ1v) is 9.74. The number of likely N-dealkylation sites (tertiary alicyclic amines) is 1. The van der Waals surface area contributed by atoms with Gasteiger partial charge in [-0.25, -0.2) is 9.97 Å². The summed E-state index contributed by atoms with van der Waals surface area (Å²) in [5.74, 6) is 1.38. The number of hydrogen-bond donors (Lipinski definition) is 0. The lowest BCUT2D eigenvalue weighted by Gasteiger charge is -2.31. The highest BCUT2D eigenvalue weighted by molar-refractivity contribution is 7.07. The Kier molecular flexibility index (Phi) is 5.06. The van der Waals surface area contributed by atoms with Crippen LogP contribution in [0.5, 0.6) is 11.6 Å². The zero-order valence-corrected chi connectivity index (χ0v) is 15.7. The van der Waals surface area contributed by atoms with Crippen LogP contribution < -0.4 is 4.74 Å². The van der Waals surface area contributed by atoms with Gasteiger partial charge in [0.2, 0.25) is 5.88 Å². The van der Waals surface area contributed by atoms with Crippen molar-refractivity contribution in [3.8, 4) is 11.6 Å². The van der Waals surface area contributed by atoms with E-state index in [0.29, 0.717) is 30.4 Å². The zero-order valence-electron chi connectivity index (χ0n) is 14.9. The van der Waals surface area contributed by atoms with Gasteiger partial charge in [0.1, 0.15) is 11.4 Å². The SMILES string of the molecule is Cc1ncccc1Oc1nccnc1C1CCN(C(=O)c2cscn2)CC1. The molecule has 1 fully saturated rings. The molecule has 0 N–H and O–H groups in total. The third-order valence-electron chi connectivity index (χ3n) is 4.68. The standard InChI is InChI=1S/C19H19N5O2S/c1-13-16(3-2-6-20-13)26-18-17(21-7-8-22-18)14-4-9-24(10-5-14)19(25)15-11-27-12-23-15/h2-3,6-8,11-12,14H,4-5,9-10H2,1H3. The second-order valence-electron chi connectivity index (χ2n) is 6.38. The molecule has 4 heterocycles. The van der Waals surface area contributed by atoms with Gasteiger partial charge in [-0.15, -0.1) is 11.3 Å². The van der Waals surface area contributed by atoms with Gasteiger partial charge in [0.05, 0.1) is 11.2 Å². The largest absolute Gasteiger partial charge is 0.435 e. The molecule has 0 aromatic carbocycles. The van der Waals surface area contributed by atoms with Gasteiger partial charge in [-0.05, 0) is 31.9 Å². The molecule has 0 spiro atoms. The summed E-state index contributed by atoms with van der Waals surface area (Å²) in [6, 6.07) is 3.71. The first-order chi connectivity index (χ1) is 13.2. The first kappa shape index (κ1) is 17.5. The Morgan fingerprint density at radius 1 is 1.15 bits per heavy atom. The van der Waals surface area contributed by atoms with Crippen LogP contribution in [0.4, 0.5) is 0 Å². The normalized spacial score (nSPS) is 14.9. The number of carbonyl (C=O) groups is 1. The van der Waals surface area contributed by atoms with Crippen molar-refractivity contribution in [2.75, 3.05) is 13.1 Å². The summed E-state index contributed by atoms with van der Waals surface area (Å²) in [4.78, 5) is 31.6. The van der Waals surface area contributed by atoms with E-state index >= 15 is 0 Å². The van der Waals surface area contributed by atoms with E-state index in [-0.39, 0.29) is 11.8 Å². The summed E-state index contributed by atoms with van der Waals surface area (Å²) < 4.78 is 6.00. The fraction of sp³-hybridized carbons (Fsp3) is 0.316. The Hall–Kier alpha value is -2.87. The molecule has 1 aliphatic rings. The van der Waals surface area contributed by atoms with Crippen LogP contribution in [0.15, 0.2) is 41.6 Å². The predicted molar refractivity (Wildman–Crippen MR) is 101 cm³/mol. The summed E-state index contributed by atoms with van der Waals surface area (Å²) in [6.07, 6.45) is 6.68. The molecule has 27 heavy (non-hydrogen) atoms. The number of ether oxygens (including phenoxy) is 1. The molecule has 4 rings (SSSR count). The van der Waals surface area contributed by atoms with E-state index in [9.17, 15) is 4.79 Å². The molecule has 0 bridgehead atoms. The summed E-state index contributed by atoms with van der Waals surface area (Å²) >= 11 is 1.43. The van der Waals surface area contributed by atoms with Crippen molar-refractivity contribution >= 4 is 17.2 Å². The summed E-state index contributed by atoms with van der Waals surface area (Å²) in [7, 11) is 0. The summed E-state index contributed by atoms with van der Waals surface area (Å²) in [5.41, 5.74) is 3.84. The van der Waals surface area contributed by atoms with E-state index in [1.54, 1.807) is 29.5 Å². The van der Waals surface area contributed by atoms with Gasteiger partial charge in [-0.2, -0.15) is 0 Å². The van der Waals surface area contributed by atoms with Crippen LogP contribution in [0.25, 0.3) is 0 Å². The van der Waals surface area contributed by atoms with Crippen molar-refractivity contribution in [1.82, 2.24) is 24.8 Å². The van der Waals surface area contributed by atoms with Gasteiger partial charge in [0.15, 0.2) is 5.75 Å². The van der Waals surface area contributed by atoms with Crippen molar-refractivity contribution in [2.24, 2.45) is 0 Å². The lowest BCUT2D eigenvalue weighted by Crippen LogP contribution is -2.38. The highest BCUT2D eigenvalue weighted by Crippen LogP contribution is 2.34. The molecule has 0 radical (unpaired) electrons. The number of amides is 1. The fourth-order valence-corrected chi connectivity index (χ4v) is 3.74. The number of pyridine rings is 1. The van der Waals surface area contributed by atoms with Gasteiger partial charge >= 0.3 is 0 Å². The summed E-state index contributed by atoms with van der Waals surface area (Å²) in [6.45, 7) is 3.24. The molecule has 1 saturated heterocycles. The fourth-order valence-electron chi connectivity index (χ4n) is 3.21. The molecule has 1 amide bonds. The minimum Gasteiger partial charge on any atom is -0.435 e. The van der Waals surface area contributed by atoms with Gasteiger partial charge in [0.25, 0.3) is 5.91 Å². The molecule has 7 nitrogen and oxygen atoms in total. The van der Waals surface area contributed by atoms with Crippen LogP contribution in [-0.2, 0) is 0 Å². The van der Waals surface area contributed by atoms with Crippen LogP contribution in [0.2, 0.25) is 0 Å². The number of nitrogens with zero attached hydrogens (tertiary/aromatic N) is 5. The molecule has 138 valence electrons. The van der Waals surface area contributed by atoms with E-state index in [2.05, 4.69) is 19.9 Å². The number of hydrogen-bond acceptors (Lipinski definition) is 7. The Labute approximate surface area is 161 Å². The van der Waals surface area contributed by atoms with Crippen LogP contribution in [-0.4, -0.2) is 43.8 Å². The van der Waals surface area contributed by atoms with Gasteiger partial charge < -0.3 is 9.64 Å². The highest BCUT2D eigenvalue weighted by atomic mass is 32.1. The smallest absolute Gasteiger partial charge is 0.273 e. The number of rotatable bonds is 4. The Bertz CT molecular complexity index is 923. The van der Waals surface area contributed by atoms with Crippen molar-refractivity contribution in [2.45, 2.75) is 25.7 Å². The lowest BCUT2D eigenvalue weighted by atomic mass is 9.93. The molecular formula is C19H19N5O2S. The van der Waals surface area contributed by atoms with Gasteiger partial charge in [-0.1, -0.05) is 0 Å². The molecule has 0 unspecified atom stereocenters. The van der Waals surface area contributed by atoms with Gasteiger partial charge in [0, 0.05) is 43.0 Å². The van der Waals surface area contributed by atoms with Crippen molar-refractivity contribution in [1.29, 1.82) is 0 Å². The molecule has 8 heteroatoms. The maximum atomic E-state index is 12.5. The average Bonchev–Trinajstić information content (AvgIpc) is 3.25. The molecule has 1 aliphatic heterocycles. The molecule has 0 aliphatic carbocycles. The second kappa shape index (κ2) is 7.79. The van der Waals surface area contributed by atoms with Crippen molar-refractivity contribution in [3.63, 3.8) is 0 Å². The Morgan fingerprint density at radius 2 is 1.96 bits per heavy atom. The second-order valence-corrected chi connectivity index (χ2v) is 7.09. The van der Waals surface area contributed by atoms with E-state index in [1.807, 2.05) is 24.0 Å².